The lowest BCUT2D eigenvalue weighted by Gasteiger charge is -2.22. The minimum absolute atomic E-state index is 0.232. The van der Waals surface area contributed by atoms with E-state index in [-0.39, 0.29) is 12.0 Å². The Balaban J connectivity index is 1.68. The largest absolute Gasteiger partial charge is 0.467 e. The fourth-order valence-electron chi connectivity index (χ4n) is 2.08. The lowest BCUT2D eigenvalue weighted by Crippen LogP contribution is -2.32. The van der Waals surface area contributed by atoms with Crippen molar-refractivity contribution in [3.05, 3.63) is 0 Å². The molecule has 118 valence electrons. The standard InChI is InChI=1S/C13H23N5O3/c1-19-12-16-11(17-13(18-12)20-2)15-6-3-9-21-10-4-7-14-8-5-10/h10,14H,3-9H2,1-2H3,(H,15,16,17,18). The average Bonchev–Trinajstić information content (AvgIpc) is 2.55. The predicted octanol–water partition coefficient (Wildman–Crippen LogP) is 0.459. The summed E-state index contributed by atoms with van der Waals surface area (Å²) in [5, 5.41) is 6.44. The highest BCUT2D eigenvalue weighted by atomic mass is 16.5. The number of anilines is 1. The van der Waals surface area contributed by atoms with E-state index in [0.29, 0.717) is 12.1 Å². The average molecular weight is 297 g/mol. The maximum absolute atomic E-state index is 5.83. The quantitative estimate of drug-likeness (QED) is 0.669. The van der Waals surface area contributed by atoms with Crippen LogP contribution in [-0.2, 0) is 4.74 Å². The molecule has 0 bridgehead atoms. The Kier molecular flexibility index (Phi) is 6.42. The van der Waals surface area contributed by atoms with Gasteiger partial charge in [0.05, 0.1) is 20.3 Å². The van der Waals surface area contributed by atoms with Gasteiger partial charge in [0.1, 0.15) is 0 Å². The number of methoxy groups -OCH3 is 2. The van der Waals surface area contributed by atoms with Crippen LogP contribution in [0.5, 0.6) is 12.0 Å². The SMILES string of the molecule is COc1nc(NCCCOC2CCNCC2)nc(OC)n1. The molecule has 1 aromatic heterocycles. The number of piperidine rings is 1. The molecule has 0 aromatic carbocycles. The van der Waals surface area contributed by atoms with Crippen molar-refractivity contribution in [2.24, 2.45) is 0 Å². The molecular weight excluding hydrogens is 274 g/mol. The molecule has 1 aliphatic heterocycles. The van der Waals surface area contributed by atoms with Crippen LogP contribution in [0.3, 0.4) is 0 Å². The van der Waals surface area contributed by atoms with Crippen molar-refractivity contribution >= 4 is 5.95 Å². The van der Waals surface area contributed by atoms with Gasteiger partial charge in [-0.3, -0.25) is 0 Å². The number of nitrogens with zero attached hydrogens (tertiary/aromatic N) is 3. The van der Waals surface area contributed by atoms with E-state index in [1.807, 2.05) is 0 Å². The van der Waals surface area contributed by atoms with E-state index < -0.39 is 0 Å². The summed E-state index contributed by atoms with van der Waals surface area (Å²) in [5.41, 5.74) is 0. The fourth-order valence-corrected chi connectivity index (χ4v) is 2.08. The molecule has 0 radical (unpaired) electrons. The van der Waals surface area contributed by atoms with Crippen LogP contribution in [0.2, 0.25) is 0 Å². The lowest BCUT2D eigenvalue weighted by molar-refractivity contribution is 0.0329. The van der Waals surface area contributed by atoms with Crippen LogP contribution in [-0.4, -0.2) is 61.5 Å². The molecule has 0 aliphatic carbocycles. The van der Waals surface area contributed by atoms with Gasteiger partial charge in [0.2, 0.25) is 5.95 Å². The molecule has 1 fully saturated rings. The number of hydrogen-bond donors (Lipinski definition) is 2. The molecule has 8 heteroatoms. The van der Waals surface area contributed by atoms with Crippen LogP contribution in [0, 0.1) is 0 Å². The number of rotatable bonds is 8. The summed E-state index contributed by atoms with van der Waals surface area (Å²) in [4.78, 5) is 12.1. The molecule has 2 heterocycles. The smallest absolute Gasteiger partial charge is 0.324 e. The zero-order chi connectivity index (χ0) is 14.9. The van der Waals surface area contributed by atoms with Crippen molar-refractivity contribution in [3.8, 4) is 12.0 Å². The molecule has 2 rings (SSSR count). The van der Waals surface area contributed by atoms with Gasteiger partial charge < -0.3 is 24.8 Å². The first-order chi connectivity index (χ1) is 10.3. The summed E-state index contributed by atoms with van der Waals surface area (Å²) in [7, 11) is 3.01. The van der Waals surface area contributed by atoms with Gasteiger partial charge in [0, 0.05) is 13.2 Å². The maximum atomic E-state index is 5.83. The predicted molar refractivity (Wildman–Crippen MR) is 77.9 cm³/mol. The molecule has 1 aliphatic rings. The molecule has 0 amide bonds. The van der Waals surface area contributed by atoms with E-state index in [4.69, 9.17) is 14.2 Å². The van der Waals surface area contributed by atoms with Crippen LogP contribution in [0.4, 0.5) is 5.95 Å². The molecule has 0 unspecified atom stereocenters. The molecule has 2 N–H and O–H groups in total. The molecule has 21 heavy (non-hydrogen) atoms. The monoisotopic (exact) mass is 297 g/mol. The van der Waals surface area contributed by atoms with Gasteiger partial charge in [0.15, 0.2) is 0 Å². The summed E-state index contributed by atoms with van der Waals surface area (Å²) >= 11 is 0. The zero-order valence-electron chi connectivity index (χ0n) is 12.6. The summed E-state index contributed by atoms with van der Waals surface area (Å²) in [6.07, 6.45) is 3.47. The van der Waals surface area contributed by atoms with Crippen LogP contribution in [0.15, 0.2) is 0 Å². The van der Waals surface area contributed by atoms with Crippen molar-refractivity contribution in [2.75, 3.05) is 45.8 Å². The molecule has 1 aromatic rings. The highest BCUT2D eigenvalue weighted by molar-refractivity contribution is 5.27. The highest BCUT2D eigenvalue weighted by Gasteiger charge is 2.12. The Morgan fingerprint density at radius 3 is 2.38 bits per heavy atom. The van der Waals surface area contributed by atoms with Gasteiger partial charge >= 0.3 is 12.0 Å². The third-order valence-corrected chi connectivity index (χ3v) is 3.20. The topological polar surface area (TPSA) is 90.4 Å². The minimum Gasteiger partial charge on any atom is -0.467 e. The van der Waals surface area contributed by atoms with Crippen molar-refractivity contribution in [3.63, 3.8) is 0 Å². The molecule has 0 atom stereocenters. The maximum Gasteiger partial charge on any atom is 0.324 e. The van der Waals surface area contributed by atoms with Gasteiger partial charge in [-0.25, -0.2) is 0 Å². The third kappa shape index (κ3) is 5.31. The summed E-state index contributed by atoms with van der Waals surface area (Å²) < 4.78 is 15.8. The first-order valence-electron chi connectivity index (χ1n) is 7.22. The van der Waals surface area contributed by atoms with Crippen molar-refractivity contribution in [1.82, 2.24) is 20.3 Å². The van der Waals surface area contributed by atoms with Gasteiger partial charge in [-0.2, -0.15) is 9.97 Å². The Hall–Kier alpha value is -1.67. The second-order valence-corrected chi connectivity index (χ2v) is 4.73. The number of ether oxygens (including phenoxy) is 3. The van der Waals surface area contributed by atoms with Crippen LogP contribution >= 0.6 is 0 Å². The van der Waals surface area contributed by atoms with Gasteiger partial charge in [0.25, 0.3) is 0 Å². The Bertz CT molecular complexity index is 404. The van der Waals surface area contributed by atoms with Gasteiger partial charge in [-0.15, -0.1) is 4.98 Å². The van der Waals surface area contributed by atoms with E-state index in [2.05, 4.69) is 25.6 Å². The number of hydrogen-bond acceptors (Lipinski definition) is 8. The number of aromatic nitrogens is 3. The zero-order valence-corrected chi connectivity index (χ0v) is 12.6. The molecule has 0 spiro atoms. The summed E-state index contributed by atoms with van der Waals surface area (Å²) in [5.74, 6) is 0.445. The van der Waals surface area contributed by atoms with Crippen LogP contribution in [0.1, 0.15) is 19.3 Å². The summed E-state index contributed by atoms with van der Waals surface area (Å²) in [6, 6.07) is 0.464. The second-order valence-electron chi connectivity index (χ2n) is 4.73. The normalized spacial score (nSPS) is 15.7. The lowest BCUT2D eigenvalue weighted by atomic mass is 10.1. The minimum atomic E-state index is 0.232. The molecular formula is C13H23N5O3. The molecule has 0 saturated carbocycles. The Morgan fingerprint density at radius 2 is 1.76 bits per heavy atom. The number of nitrogens with one attached hydrogen (secondary N) is 2. The van der Waals surface area contributed by atoms with E-state index in [1.165, 1.54) is 14.2 Å². The first-order valence-corrected chi connectivity index (χ1v) is 7.22. The van der Waals surface area contributed by atoms with Crippen molar-refractivity contribution in [1.29, 1.82) is 0 Å². The van der Waals surface area contributed by atoms with Gasteiger partial charge in [-0.1, -0.05) is 0 Å². The summed E-state index contributed by atoms with van der Waals surface area (Å²) in [6.45, 7) is 3.55. The van der Waals surface area contributed by atoms with Crippen LogP contribution in [0.25, 0.3) is 0 Å². The van der Waals surface area contributed by atoms with E-state index in [1.54, 1.807) is 0 Å². The van der Waals surface area contributed by atoms with Crippen molar-refractivity contribution < 1.29 is 14.2 Å². The van der Waals surface area contributed by atoms with Crippen molar-refractivity contribution in [2.45, 2.75) is 25.4 Å². The van der Waals surface area contributed by atoms with E-state index in [0.717, 1.165) is 45.5 Å². The fraction of sp³-hybridized carbons (Fsp3) is 0.769. The first kappa shape index (κ1) is 15.7. The van der Waals surface area contributed by atoms with Crippen LogP contribution < -0.4 is 20.1 Å². The Morgan fingerprint density at radius 1 is 1.10 bits per heavy atom. The van der Waals surface area contributed by atoms with E-state index in [9.17, 15) is 0 Å². The molecule has 1 saturated heterocycles. The molecule has 8 nitrogen and oxygen atoms in total. The Labute approximate surface area is 124 Å². The van der Waals surface area contributed by atoms with E-state index >= 15 is 0 Å². The second kappa shape index (κ2) is 8.58. The van der Waals surface area contributed by atoms with Gasteiger partial charge in [-0.05, 0) is 32.4 Å². The third-order valence-electron chi connectivity index (χ3n) is 3.20. The highest BCUT2D eigenvalue weighted by Crippen LogP contribution is 2.12.